The lowest BCUT2D eigenvalue weighted by Gasteiger charge is -2.43. The molecule has 1 fully saturated rings. The van der Waals surface area contributed by atoms with Crippen LogP contribution in [-0.4, -0.2) is 47.8 Å². The fourth-order valence-corrected chi connectivity index (χ4v) is 4.61. The predicted molar refractivity (Wildman–Crippen MR) is 78.9 cm³/mol. The summed E-state index contributed by atoms with van der Waals surface area (Å²) in [6.07, 6.45) is 0.837. The highest BCUT2D eigenvalue weighted by molar-refractivity contribution is 9.10. The van der Waals surface area contributed by atoms with Crippen LogP contribution in [0, 0.1) is 0 Å². The van der Waals surface area contributed by atoms with Crippen molar-refractivity contribution in [2.24, 2.45) is 0 Å². The first-order valence-electron chi connectivity index (χ1n) is 6.44. The summed E-state index contributed by atoms with van der Waals surface area (Å²) in [6, 6.07) is 7.80. The monoisotopic (exact) mass is 358 g/mol. The van der Waals surface area contributed by atoms with E-state index in [1.54, 1.807) is 0 Å². The van der Waals surface area contributed by atoms with Crippen molar-refractivity contribution >= 4 is 31.9 Å². The average Bonchev–Trinajstić information content (AvgIpc) is 2.47. The van der Waals surface area contributed by atoms with Gasteiger partial charge >= 0.3 is 0 Å². The molecule has 0 aromatic heterocycles. The minimum absolute atomic E-state index is 0.0490. The third kappa shape index (κ3) is 2.27. The van der Waals surface area contributed by atoms with Gasteiger partial charge in [0.2, 0.25) is 15.9 Å². The molecule has 1 saturated heterocycles. The molecule has 2 aliphatic heterocycles. The van der Waals surface area contributed by atoms with Crippen LogP contribution in [0.3, 0.4) is 0 Å². The van der Waals surface area contributed by atoms with E-state index in [4.69, 9.17) is 0 Å². The zero-order chi connectivity index (χ0) is 14.3. The molecule has 108 valence electrons. The molecule has 1 aromatic rings. The number of carbonyl (C=O) groups is 1. The summed E-state index contributed by atoms with van der Waals surface area (Å²) < 4.78 is 25.1. The van der Waals surface area contributed by atoms with Gasteiger partial charge in [-0.05, 0) is 17.5 Å². The Morgan fingerprint density at radius 2 is 2.05 bits per heavy atom. The van der Waals surface area contributed by atoms with Gasteiger partial charge in [-0.25, -0.2) is 8.42 Å². The lowest BCUT2D eigenvalue weighted by atomic mass is 9.91. The van der Waals surface area contributed by atoms with Crippen molar-refractivity contribution in [1.29, 1.82) is 0 Å². The van der Waals surface area contributed by atoms with Gasteiger partial charge in [-0.15, -0.1) is 0 Å². The van der Waals surface area contributed by atoms with E-state index in [0.29, 0.717) is 13.1 Å². The van der Waals surface area contributed by atoms with Gasteiger partial charge in [0.05, 0.1) is 12.6 Å². The second-order valence-corrected chi connectivity index (χ2v) is 8.34. The molecule has 7 heteroatoms. The van der Waals surface area contributed by atoms with Crippen molar-refractivity contribution in [2.75, 3.05) is 24.3 Å². The Labute approximate surface area is 126 Å². The van der Waals surface area contributed by atoms with Crippen LogP contribution in [0.5, 0.6) is 0 Å². The number of amides is 1. The maximum atomic E-state index is 12.2. The first-order valence-corrected chi connectivity index (χ1v) is 9.17. The molecule has 20 heavy (non-hydrogen) atoms. The Hall–Kier alpha value is -0.920. The summed E-state index contributed by atoms with van der Waals surface area (Å²) in [5.74, 6) is -0.111. The summed E-state index contributed by atoms with van der Waals surface area (Å²) in [6.45, 7) is 0.964. The van der Waals surface area contributed by atoms with Crippen molar-refractivity contribution in [3.05, 3.63) is 35.4 Å². The highest BCUT2D eigenvalue weighted by atomic mass is 79.9. The van der Waals surface area contributed by atoms with E-state index in [2.05, 4.69) is 22.0 Å². The molecule has 0 spiro atoms. The number of rotatable bonds is 2. The second kappa shape index (κ2) is 5.13. The topological polar surface area (TPSA) is 57.7 Å². The summed E-state index contributed by atoms with van der Waals surface area (Å²) in [5, 5.41) is 0. The maximum Gasteiger partial charge on any atom is 0.238 e. The van der Waals surface area contributed by atoms with E-state index in [9.17, 15) is 13.2 Å². The van der Waals surface area contributed by atoms with Gasteiger partial charge < -0.3 is 4.90 Å². The van der Waals surface area contributed by atoms with Crippen molar-refractivity contribution < 1.29 is 13.2 Å². The molecule has 1 atom stereocenters. The highest BCUT2D eigenvalue weighted by Gasteiger charge is 2.40. The molecule has 2 heterocycles. The third-order valence-electron chi connectivity index (χ3n) is 3.95. The molecular formula is C13H15BrN2O3S. The normalized spacial score (nSPS) is 23.4. The number of halogens is 1. The maximum absolute atomic E-state index is 12.2. The number of hydrogen-bond donors (Lipinski definition) is 0. The number of piperazine rings is 1. The third-order valence-corrected chi connectivity index (χ3v) is 7.03. The van der Waals surface area contributed by atoms with E-state index in [-0.39, 0.29) is 23.2 Å². The minimum atomic E-state index is -3.40. The number of alkyl halides is 1. The number of sulfonamides is 1. The largest absolute Gasteiger partial charge is 0.333 e. The van der Waals surface area contributed by atoms with E-state index in [0.717, 1.165) is 12.0 Å². The molecule has 0 radical (unpaired) electrons. The van der Waals surface area contributed by atoms with Gasteiger partial charge in [-0.3, -0.25) is 4.79 Å². The van der Waals surface area contributed by atoms with Crippen molar-refractivity contribution in [2.45, 2.75) is 12.5 Å². The van der Waals surface area contributed by atoms with E-state index in [1.807, 2.05) is 23.1 Å². The number of benzene rings is 1. The van der Waals surface area contributed by atoms with Gasteiger partial charge in [0.25, 0.3) is 0 Å². The molecule has 1 amide bonds. The molecule has 2 aliphatic rings. The van der Waals surface area contributed by atoms with Gasteiger partial charge in [-0.2, -0.15) is 4.31 Å². The van der Waals surface area contributed by atoms with E-state index < -0.39 is 10.0 Å². The Bertz CT molecular complexity index is 647. The number of carbonyl (C=O) groups excluding carboxylic acids is 1. The van der Waals surface area contributed by atoms with Crippen LogP contribution in [0.15, 0.2) is 24.3 Å². The van der Waals surface area contributed by atoms with Crippen LogP contribution in [0.4, 0.5) is 0 Å². The average molecular weight is 359 g/mol. The molecule has 5 nitrogen and oxygen atoms in total. The van der Waals surface area contributed by atoms with Crippen molar-refractivity contribution in [3.8, 4) is 0 Å². The zero-order valence-corrected chi connectivity index (χ0v) is 13.2. The van der Waals surface area contributed by atoms with Crippen LogP contribution in [0.1, 0.15) is 17.2 Å². The SMILES string of the molecule is O=C1CN(S(=O)(=O)CBr)CC2c3ccccc3CCN12. The number of hydrogen-bond acceptors (Lipinski definition) is 3. The van der Waals surface area contributed by atoms with E-state index in [1.165, 1.54) is 9.87 Å². The first kappa shape index (κ1) is 14.0. The lowest BCUT2D eigenvalue weighted by Crippen LogP contribution is -2.55. The van der Waals surface area contributed by atoms with Gasteiger partial charge in [0.1, 0.15) is 4.66 Å². The Kier molecular flexibility index (Phi) is 3.60. The van der Waals surface area contributed by atoms with Gasteiger partial charge in [0.15, 0.2) is 0 Å². The van der Waals surface area contributed by atoms with Gasteiger partial charge in [0, 0.05) is 13.1 Å². The Balaban J connectivity index is 1.98. The minimum Gasteiger partial charge on any atom is -0.333 e. The fourth-order valence-electron chi connectivity index (χ4n) is 2.93. The summed E-state index contributed by atoms with van der Waals surface area (Å²) in [4.78, 5) is 14.0. The standard InChI is InChI=1S/C13H15BrN2O3S/c14-9-20(18,19)15-7-12-11-4-2-1-3-10(11)5-6-16(12)13(17)8-15/h1-4,12H,5-9H2. The molecule has 0 saturated carbocycles. The zero-order valence-electron chi connectivity index (χ0n) is 10.8. The summed E-state index contributed by atoms with van der Waals surface area (Å²) in [7, 11) is -3.40. The van der Waals surface area contributed by atoms with Crippen LogP contribution in [-0.2, 0) is 21.2 Å². The van der Waals surface area contributed by atoms with Crippen LogP contribution >= 0.6 is 15.9 Å². The van der Waals surface area contributed by atoms with Crippen LogP contribution in [0.25, 0.3) is 0 Å². The quantitative estimate of drug-likeness (QED) is 0.744. The predicted octanol–water partition coefficient (Wildman–Crippen LogP) is 1.11. The number of nitrogens with zero attached hydrogens (tertiary/aromatic N) is 2. The lowest BCUT2D eigenvalue weighted by molar-refractivity contribution is -0.138. The molecule has 3 rings (SSSR count). The molecular weight excluding hydrogens is 344 g/mol. The van der Waals surface area contributed by atoms with Crippen LogP contribution in [0.2, 0.25) is 0 Å². The fraction of sp³-hybridized carbons (Fsp3) is 0.462. The number of fused-ring (bicyclic) bond motifs is 3. The molecule has 1 aromatic carbocycles. The van der Waals surface area contributed by atoms with E-state index >= 15 is 0 Å². The summed E-state index contributed by atoms with van der Waals surface area (Å²) in [5.41, 5.74) is 2.28. The molecule has 0 aliphatic carbocycles. The van der Waals surface area contributed by atoms with Crippen molar-refractivity contribution in [3.63, 3.8) is 0 Å². The Morgan fingerprint density at radius 1 is 1.30 bits per heavy atom. The Morgan fingerprint density at radius 3 is 2.80 bits per heavy atom. The molecule has 0 N–H and O–H groups in total. The first-order chi connectivity index (χ1) is 9.53. The highest BCUT2D eigenvalue weighted by Crippen LogP contribution is 2.33. The second-order valence-electron chi connectivity index (χ2n) is 5.07. The van der Waals surface area contributed by atoms with Crippen molar-refractivity contribution in [1.82, 2.24) is 9.21 Å². The van der Waals surface area contributed by atoms with Gasteiger partial charge in [-0.1, -0.05) is 40.2 Å². The summed E-state index contributed by atoms with van der Waals surface area (Å²) >= 11 is 2.99. The molecule has 1 unspecified atom stereocenters. The molecule has 0 bridgehead atoms. The van der Waals surface area contributed by atoms with Crippen LogP contribution < -0.4 is 0 Å². The smallest absolute Gasteiger partial charge is 0.238 e.